The molecule has 0 amide bonds. The van der Waals surface area contributed by atoms with Gasteiger partial charge >= 0.3 is 11.9 Å². The molecule has 172 valence electrons. The zero-order chi connectivity index (χ0) is 23.7. The second-order valence-corrected chi connectivity index (χ2v) is 7.21. The average Bonchev–Trinajstić information content (AvgIpc) is 2.73. The lowest BCUT2D eigenvalue weighted by Crippen LogP contribution is -2.30. The van der Waals surface area contributed by atoms with E-state index in [-0.39, 0.29) is 38.3 Å². The summed E-state index contributed by atoms with van der Waals surface area (Å²) in [5, 5.41) is 4.91. The van der Waals surface area contributed by atoms with Gasteiger partial charge in [0.15, 0.2) is 0 Å². The van der Waals surface area contributed by atoms with Crippen molar-refractivity contribution in [3.63, 3.8) is 0 Å². The minimum absolute atomic E-state index is 0.0382. The standard InChI is InChI=1S/C23H28FN3O5/c1-5-31-23(30)19-15-27(26(3)4)20-9-8-17(13-18(20)22(19)29)7-6-11-25-14-21(28)32-12-10-16(2)24/h8-9,13,15-16,25H,5,10-12,14H2,1-4H3. The number of esters is 2. The normalized spacial score (nSPS) is 11.4. The average molecular weight is 445 g/mol. The molecule has 0 aliphatic rings. The monoisotopic (exact) mass is 445 g/mol. The number of ether oxygens (including phenoxy) is 2. The van der Waals surface area contributed by atoms with E-state index in [4.69, 9.17) is 9.47 Å². The first-order chi connectivity index (χ1) is 15.2. The van der Waals surface area contributed by atoms with Gasteiger partial charge in [0, 0.05) is 37.7 Å². The van der Waals surface area contributed by atoms with Crippen molar-refractivity contribution in [2.75, 3.05) is 45.4 Å². The number of fused-ring (bicyclic) bond motifs is 1. The quantitative estimate of drug-likeness (QED) is 0.356. The van der Waals surface area contributed by atoms with Crippen LogP contribution in [0.3, 0.4) is 0 Å². The van der Waals surface area contributed by atoms with Crippen LogP contribution >= 0.6 is 0 Å². The maximum absolute atomic E-state index is 12.9. The summed E-state index contributed by atoms with van der Waals surface area (Å²) in [4.78, 5) is 36.6. The molecule has 1 N–H and O–H groups in total. The fraction of sp³-hybridized carbons (Fsp3) is 0.435. The lowest BCUT2D eigenvalue weighted by Gasteiger charge is -2.20. The molecule has 1 atom stereocenters. The number of halogens is 1. The molecule has 2 aromatic rings. The Balaban J connectivity index is 2.15. The predicted octanol–water partition coefficient (Wildman–Crippen LogP) is 1.61. The number of rotatable bonds is 9. The molecule has 1 unspecified atom stereocenters. The summed E-state index contributed by atoms with van der Waals surface area (Å²) in [6, 6.07) is 5.15. The minimum atomic E-state index is -1.02. The van der Waals surface area contributed by atoms with Gasteiger partial charge in [-0.15, -0.1) is 0 Å². The minimum Gasteiger partial charge on any atom is -0.465 e. The van der Waals surface area contributed by atoms with Crippen LogP contribution in [0.5, 0.6) is 0 Å². The van der Waals surface area contributed by atoms with E-state index in [9.17, 15) is 18.8 Å². The Kier molecular flexibility index (Phi) is 9.22. The molecule has 8 nitrogen and oxygen atoms in total. The Morgan fingerprint density at radius 1 is 1.28 bits per heavy atom. The third-order valence-electron chi connectivity index (χ3n) is 4.40. The van der Waals surface area contributed by atoms with Gasteiger partial charge in [0.05, 0.1) is 31.8 Å². The topological polar surface area (TPSA) is 89.9 Å². The fourth-order valence-electron chi connectivity index (χ4n) is 2.84. The molecule has 32 heavy (non-hydrogen) atoms. The number of pyridine rings is 1. The Morgan fingerprint density at radius 2 is 2.03 bits per heavy atom. The van der Waals surface area contributed by atoms with Crippen molar-refractivity contribution >= 4 is 22.8 Å². The van der Waals surface area contributed by atoms with Gasteiger partial charge < -0.3 is 14.5 Å². The summed E-state index contributed by atoms with van der Waals surface area (Å²) < 4.78 is 24.3. The van der Waals surface area contributed by atoms with E-state index in [2.05, 4.69) is 17.2 Å². The highest BCUT2D eigenvalue weighted by atomic mass is 19.1. The Bertz CT molecular complexity index is 1080. The lowest BCUT2D eigenvalue weighted by atomic mass is 10.1. The number of nitrogens with one attached hydrogen (secondary N) is 1. The molecule has 0 aliphatic heterocycles. The van der Waals surface area contributed by atoms with Crippen molar-refractivity contribution in [3.05, 3.63) is 45.7 Å². The highest BCUT2D eigenvalue weighted by Gasteiger charge is 2.17. The molecule has 1 aromatic carbocycles. The maximum Gasteiger partial charge on any atom is 0.343 e. The molecule has 0 bridgehead atoms. The summed E-state index contributed by atoms with van der Waals surface area (Å²) in [5.74, 6) is 4.64. The third-order valence-corrected chi connectivity index (χ3v) is 4.40. The van der Waals surface area contributed by atoms with Gasteiger partial charge in [-0.05, 0) is 32.0 Å². The first-order valence-electron chi connectivity index (χ1n) is 10.3. The number of hydrogen-bond donors (Lipinski definition) is 1. The van der Waals surface area contributed by atoms with Crippen molar-refractivity contribution in [2.45, 2.75) is 26.4 Å². The fourth-order valence-corrected chi connectivity index (χ4v) is 2.84. The van der Waals surface area contributed by atoms with Crippen LogP contribution in [0.15, 0.2) is 29.2 Å². The second-order valence-electron chi connectivity index (χ2n) is 7.21. The van der Waals surface area contributed by atoms with Crippen LogP contribution in [-0.4, -0.2) is 63.2 Å². The van der Waals surface area contributed by atoms with Crippen molar-refractivity contribution in [1.29, 1.82) is 0 Å². The van der Waals surface area contributed by atoms with Gasteiger partial charge in [-0.3, -0.25) is 19.6 Å². The van der Waals surface area contributed by atoms with Crippen LogP contribution in [0.2, 0.25) is 0 Å². The summed E-state index contributed by atoms with van der Waals surface area (Å²) >= 11 is 0. The van der Waals surface area contributed by atoms with Gasteiger partial charge in [-0.25, -0.2) is 9.18 Å². The van der Waals surface area contributed by atoms with Crippen LogP contribution in [0.25, 0.3) is 10.9 Å². The summed E-state index contributed by atoms with van der Waals surface area (Å²) in [6.45, 7) is 3.47. The largest absolute Gasteiger partial charge is 0.465 e. The van der Waals surface area contributed by atoms with Crippen molar-refractivity contribution in [1.82, 2.24) is 9.99 Å². The predicted molar refractivity (Wildman–Crippen MR) is 120 cm³/mol. The number of carbonyl (C=O) groups excluding carboxylic acids is 2. The first kappa shape index (κ1) is 24.9. The van der Waals surface area contributed by atoms with E-state index >= 15 is 0 Å². The van der Waals surface area contributed by atoms with Gasteiger partial charge in [0.1, 0.15) is 11.7 Å². The molecule has 0 radical (unpaired) electrons. The summed E-state index contributed by atoms with van der Waals surface area (Å²) in [7, 11) is 3.59. The number of carbonyl (C=O) groups is 2. The van der Waals surface area contributed by atoms with Crippen LogP contribution in [0, 0.1) is 11.8 Å². The van der Waals surface area contributed by atoms with Crippen LogP contribution < -0.4 is 15.8 Å². The molecule has 0 saturated carbocycles. The molecule has 0 aliphatic carbocycles. The van der Waals surface area contributed by atoms with Gasteiger partial charge in [0.2, 0.25) is 5.43 Å². The zero-order valence-electron chi connectivity index (χ0n) is 18.7. The summed E-state index contributed by atoms with van der Waals surface area (Å²) in [6.07, 6.45) is 0.616. The van der Waals surface area contributed by atoms with Crippen molar-refractivity contribution < 1.29 is 23.5 Å². The van der Waals surface area contributed by atoms with Gasteiger partial charge in [-0.2, -0.15) is 0 Å². The number of benzene rings is 1. The maximum atomic E-state index is 12.9. The molecular weight excluding hydrogens is 417 g/mol. The smallest absolute Gasteiger partial charge is 0.343 e. The molecular formula is C23H28FN3O5. The zero-order valence-corrected chi connectivity index (χ0v) is 18.7. The highest BCUT2D eigenvalue weighted by Crippen LogP contribution is 2.15. The molecule has 0 fully saturated rings. The van der Waals surface area contributed by atoms with E-state index in [0.29, 0.717) is 16.5 Å². The molecule has 0 saturated heterocycles. The lowest BCUT2D eigenvalue weighted by molar-refractivity contribution is -0.142. The van der Waals surface area contributed by atoms with Crippen LogP contribution in [0.4, 0.5) is 4.39 Å². The molecule has 2 rings (SSSR count). The molecule has 1 heterocycles. The SMILES string of the molecule is CCOC(=O)c1cn(N(C)C)c2ccc(C#CCNCC(=O)OCCC(C)F)cc2c1=O. The number of alkyl halides is 1. The Labute approximate surface area is 186 Å². The molecule has 9 heteroatoms. The van der Waals surface area contributed by atoms with Gasteiger partial charge in [0.25, 0.3) is 0 Å². The Morgan fingerprint density at radius 3 is 2.69 bits per heavy atom. The highest BCUT2D eigenvalue weighted by molar-refractivity contribution is 5.94. The number of nitrogens with zero attached hydrogens (tertiary/aromatic N) is 2. The van der Waals surface area contributed by atoms with E-state index in [1.807, 2.05) is 0 Å². The second kappa shape index (κ2) is 11.9. The summed E-state index contributed by atoms with van der Waals surface area (Å²) in [5.41, 5.74) is 0.730. The van der Waals surface area contributed by atoms with E-state index in [1.165, 1.54) is 13.1 Å². The van der Waals surface area contributed by atoms with Crippen molar-refractivity contribution in [3.8, 4) is 11.8 Å². The van der Waals surface area contributed by atoms with E-state index in [0.717, 1.165) is 0 Å². The van der Waals surface area contributed by atoms with E-state index < -0.39 is 23.5 Å². The van der Waals surface area contributed by atoms with Gasteiger partial charge in [-0.1, -0.05) is 11.8 Å². The Hall–Kier alpha value is -3.38. The first-order valence-corrected chi connectivity index (χ1v) is 10.3. The van der Waals surface area contributed by atoms with E-state index in [1.54, 1.807) is 48.9 Å². The van der Waals surface area contributed by atoms with Crippen molar-refractivity contribution in [2.24, 2.45) is 0 Å². The molecule has 1 aromatic heterocycles. The van der Waals surface area contributed by atoms with Crippen LogP contribution in [0.1, 0.15) is 36.2 Å². The number of aromatic nitrogens is 1. The van der Waals surface area contributed by atoms with Crippen LogP contribution in [-0.2, 0) is 14.3 Å². The third kappa shape index (κ3) is 6.82. The molecule has 0 spiro atoms. The number of hydrogen-bond acceptors (Lipinski definition) is 7.